The van der Waals surface area contributed by atoms with E-state index in [1.54, 1.807) is 18.2 Å². The van der Waals surface area contributed by atoms with E-state index in [4.69, 9.17) is 5.11 Å². The van der Waals surface area contributed by atoms with Crippen LogP contribution in [-0.4, -0.2) is 16.0 Å². The maximum atomic E-state index is 13.4. The average Bonchev–Trinajstić information content (AvgIpc) is 2.95. The standard InChI is InChI=1S/C20H13F3N2O2/c21-11-2-4-14-13-3-1-10(5-17(13)25-18(14)7-11)6-19(26)24-12-8-15(22)20(27)16(23)9-12/h1-5,7-9,25,27H,6H2,(H,24,26). The van der Waals surface area contributed by atoms with Crippen molar-refractivity contribution < 1.29 is 23.1 Å². The molecule has 1 heterocycles. The van der Waals surface area contributed by atoms with Gasteiger partial charge in [-0.1, -0.05) is 12.1 Å². The second-order valence-corrected chi connectivity index (χ2v) is 6.21. The number of carbonyl (C=O) groups is 1. The van der Waals surface area contributed by atoms with Gasteiger partial charge in [-0.25, -0.2) is 13.2 Å². The maximum Gasteiger partial charge on any atom is 0.228 e. The van der Waals surface area contributed by atoms with Crippen molar-refractivity contribution in [2.75, 3.05) is 5.32 Å². The van der Waals surface area contributed by atoms with Crippen molar-refractivity contribution >= 4 is 33.4 Å². The molecule has 0 spiro atoms. The third-order valence-corrected chi connectivity index (χ3v) is 4.29. The third-order valence-electron chi connectivity index (χ3n) is 4.29. The average molecular weight is 370 g/mol. The fraction of sp³-hybridized carbons (Fsp3) is 0.0500. The van der Waals surface area contributed by atoms with E-state index >= 15 is 0 Å². The molecule has 3 aromatic carbocycles. The lowest BCUT2D eigenvalue weighted by atomic mass is 10.1. The molecule has 7 heteroatoms. The van der Waals surface area contributed by atoms with Gasteiger partial charge in [0, 0.05) is 39.6 Å². The van der Waals surface area contributed by atoms with E-state index in [1.807, 2.05) is 6.07 Å². The molecule has 0 radical (unpaired) electrons. The number of carbonyl (C=O) groups excluding carboxylic acids is 1. The monoisotopic (exact) mass is 370 g/mol. The molecule has 0 aliphatic heterocycles. The number of amides is 1. The minimum atomic E-state index is -1.16. The van der Waals surface area contributed by atoms with E-state index in [2.05, 4.69) is 10.3 Å². The predicted molar refractivity (Wildman–Crippen MR) is 96.1 cm³/mol. The van der Waals surface area contributed by atoms with Gasteiger partial charge >= 0.3 is 0 Å². The Bertz CT molecular complexity index is 1180. The normalized spacial score (nSPS) is 11.2. The lowest BCUT2D eigenvalue weighted by molar-refractivity contribution is -0.115. The number of H-pyrrole nitrogens is 1. The van der Waals surface area contributed by atoms with Gasteiger partial charge < -0.3 is 15.4 Å². The van der Waals surface area contributed by atoms with E-state index in [0.717, 1.165) is 28.4 Å². The number of fused-ring (bicyclic) bond motifs is 3. The third kappa shape index (κ3) is 3.19. The van der Waals surface area contributed by atoms with Crippen molar-refractivity contribution in [2.24, 2.45) is 0 Å². The molecule has 3 N–H and O–H groups in total. The first-order valence-electron chi connectivity index (χ1n) is 8.08. The summed E-state index contributed by atoms with van der Waals surface area (Å²) in [6.07, 6.45) is -0.0240. The van der Waals surface area contributed by atoms with Crippen LogP contribution in [0.4, 0.5) is 18.9 Å². The molecule has 136 valence electrons. The highest BCUT2D eigenvalue weighted by molar-refractivity contribution is 6.07. The number of phenolic OH excluding ortho intramolecular Hbond substituents is 1. The SMILES string of the molecule is O=C(Cc1ccc2c(c1)[nH]c1cc(F)ccc12)Nc1cc(F)c(O)c(F)c1. The molecule has 0 saturated heterocycles. The van der Waals surface area contributed by atoms with Gasteiger partial charge in [0.1, 0.15) is 5.82 Å². The minimum absolute atomic E-state index is 0.0240. The first-order chi connectivity index (χ1) is 12.9. The number of phenols is 1. The molecule has 4 aromatic rings. The minimum Gasteiger partial charge on any atom is -0.503 e. The van der Waals surface area contributed by atoms with Gasteiger partial charge in [0.15, 0.2) is 17.4 Å². The van der Waals surface area contributed by atoms with Gasteiger partial charge in [-0.05, 0) is 29.8 Å². The summed E-state index contributed by atoms with van der Waals surface area (Å²) in [5, 5.41) is 13.3. The van der Waals surface area contributed by atoms with E-state index in [0.29, 0.717) is 11.1 Å². The number of aromatic nitrogens is 1. The van der Waals surface area contributed by atoms with Gasteiger partial charge in [-0.3, -0.25) is 4.79 Å². The van der Waals surface area contributed by atoms with E-state index in [1.165, 1.54) is 12.1 Å². The highest BCUT2D eigenvalue weighted by atomic mass is 19.1. The first kappa shape index (κ1) is 17.0. The van der Waals surface area contributed by atoms with Gasteiger partial charge in [0.2, 0.25) is 5.91 Å². The Morgan fingerprint density at radius 1 is 0.926 bits per heavy atom. The Morgan fingerprint density at radius 3 is 2.26 bits per heavy atom. The van der Waals surface area contributed by atoms with Crippen LogP contribution in [0.25, 0.3) is 21.8 Å². The van der Waals surface area contributed by atoms with Gasteiger partial charge in [-0.2, -0.15) is 0 Å². The molecule has 1 amide bonds. The largest absolute Gasteiger partial charge is 0.503 e. The van der Waals surface area contributed by atoms with Crippen LogP contribution >= 0.6 is 0 Å². The summed E-state index contributed by atoms with van der Waals surface area (Å²) in [5.41, 5.74) is 1.99. The maximum absolute atomic E-state index is 13.4. The Hall–Kier alpha value is -3.48. The second kappa shape index (κ2) is 6.35. The van der Waals surface area contributed by atoms with Gasteiger partial charge in [0.05, 0.1) is 6.42 Å². The summed E-state index contributed by atoms with van der Waals surface area (Å²) in [6.45, 7) is 0. The lowest BCUT2D eigenvalue weighted by Crippen LogP contribution is -2.14. The molecule has 0 aliphatic rings. The number of anilines is 1. The molecular formula is C20H13F3N2O2. The first-order valence-corrected chi connectivity index (χ1v) is 8.08. The summed E-state index contributed by atoms with van der Waals surface area (Å²) in [5.74, 6) is -4.22. The molecule has 4 rings (SSSR count). The number of benzene rings is 3. The Morgan fingerprint density at radius 2 is 1.56 bits per heavy atom. The fourth-order valence-corrected chi connectivity index (χ4v) is 3.07. The number of nitrogens with one attached hydrogen (secondary N) is 2. The quantitative estimate of drug-likeness (QED) is 0.461. The van der Waals surface area contributed by atoms with Crippen molar-refractivity contribution in [2.45, 2.75) is 6.42 Å². The summed E-state index contributed by atoms with van der Waals surface area (Å²) >= 11 is 0. The van der Waals surface area contributed by atoms with Crippen molar-refractivity contribution in [3.05, 3.63) is 71.5 Å². The molecule has 0 unspecified atom stereocenters. The van der Waals surface area contributed by atoms with Crippen LogP contribution in [0.2, 0.25) is 0 Å². The summed E-state index contributed by atoms with van der Waals surface area (Å²) in [7, 11) is 0. The smallest absolute Gasteiger partial charge is 0.228 e. The van der Waals surface area contributed by atoms with Crippen molar-refractivity contribution in [3.8, 4) is 5.75 Å². The number of halogens is 3. The summed E-state index contributed by atoms with van der Waals surface area (Å²) < 4.78 is 40.1. The van der Waals surface area contributed by atoms with E-state index < -0.39 is 23.3 Å². The number of rotatable bonds is 3. The zero-order valence-electron chi connectivity index (χ0n) is 13.8. The molecule has 1 aromatic heterocycles. The Kier molecular flexibility index (Phi) is 3.99. The number of aromatic hydroxyl groups is 1. The van der Waals surface area contributed by atoms with E-state index in [9.17, 15) is 18.0 Å². The summed E-state index contributed by atoms with van der Waals surface area (Å²) in [6, 6.07) is 11.5. The summed E-state index contributed by atoms with van der Waals surface area (Å²) in [4.78, 5) is 15.3. The highest BCUT2D eigenvalue weighted by Crippen LogP contribution is 2.27. The lowest BCUT2D eigenvalue weighted by Gasteiger charge is -2.07. The van der Waals surface area contributed by atoms with Crippen LogP contribution in [-0.2, 0) is 11.2 Å². The fourth-order valence-electron chi connectivity index (χ4n) is 3.07. The van der Waals surface area contributed by atoms with Crippen molar-refractivity contribution in [1.29, 1.82) is 0 Å². The zero-order chi connectivity index (χ0) is 19.1. The van der Waals surface area contributed by atoms with Crippen molar-refractivity contribution in [3.63, 3.8) is 0 Å². The van der Waals surface area contributed by atoms with Crippen LogP contribution in [0.1, 0.15) is 5.56 Å². The van der Waals surface area contributed by atoms with Crippen LogP contribution in [0.5, 0.6) is 5.75 Å². The van der Waals surface area contributed by atoms with Crippen LogP contribution < -0.4 is 5.32 Å². The zero-order valence-corrected chi connectivity index (χ0v) is 13.8. The molecule has 27 heavy (non-hydrogen) atoms. The molecular weight excluding hydrogens is 357 g/mol. The second-order valence-electron chi connectivity index (χ2n) is 6.21. The van der Waals surface area contributed by atoms with Gasteiger partial charge in [0.25, 0.3) is 0 Å². The molecule has 0 saturated carbocycles. The van der Waals surface area contributed by atoms with Crippen molar-refractivity contribution in [1.82, 2.24) is 4.98 Å². The van der Waals surface area contributed by atoms with E-state index in [-0.39, 0.29) is 17.9 Å². The number of hydrogen-bond acceptors (Lipinski definition) is 2. The van der Waals surface area contributed by atoms with Crippen LogP contribution in [0.3, 0.4) is 0 Å². The molecule has 0 bridgehead atoms. The Labute approximate surface area is 151 Å². The highest BCUT2D eigenvalue weighted by Gasteiger charge is 2.13. The molecule has 0 aliphatic carbocycles. The topological polar surface area (TPSA) is 65.1 Å². The van der Waals surface area contributed by atoms with Gasteiger partial charge in [-0.15, -0.1) is 0 Å². The molecule has 4 nitrogen and oxygen atoms in total. The Balaban J connectivity index is 1.57. The van der Waals surface area contributed by atoms with Crippen LogP contribution in [0.15, 0.2) is 48.5 Å². The van der Waals surface area contributed by atoms with Crippen LogP contribution in [0, 0.1) is 17.5 Å². The molecule has 0 fully saturated rings. The number of hydrogen-bond donors (Lipinski definition) is 3. The number of aromatic amines is 1. The predicted octanol–water partition coefficient (Wildman–Crippen LogP) is 4.63. The molecule has 0 atom stereocenters.